The number of benzene rings is 1. The molecule has 0 aliphatic heterocycles. The number of nitrogens with one attached hydrogen (secondary N) is 1. The van der Waals surface area contributed by atoms with Gasteiger partial charge in [-0.15, -0.1) is 0 Å². The molecule has 0 spiro atoms. The van der Waals surface area contributed by atoms with Crippen LogP contribution in [-0.4, -0.2) is 16.1 Å². The second-order valence-electron chi connectivity index (χ2n) is 3.25. The van der Waals surface area contributed by atoms with Crippen LogP contribution in [0, 0.1) is 0 Å². The molecule has 0 aliphatic rings. The van der Waals surface area contributed by atoms with Crippen molar-refractivity contribution in [3.63, 3.8) is 0 Å². The lowest BCUT2D eigenvalue weighted by Crippen LogP contribution is -1.97. The average Bonchev–Trinajstić information content (AvgIpc) is 2.30. The maximum absolute atomic E-state index is 10.8. The lowest BCUT2D eigenvalue weighted by molar-refractivity contribution is 0.0697. The quantitative estimate of drug-likeness (QED) is 0.824. The van der Waals surface area contributed by atoms with Gasteiger partial charge in [0.25, 0.3) is 0 Å². The highest BCUT2D eigenvalue weighted by Gasteiger charge is 2.02. The monoisotopic (exact) mass is 214 g/mol. The predicted molar refractivity (Wildman–Crippen MR) is 60.9 cm³/mol. The van der Waals surface area contributed by atoms with Crippen LogP contribution in [0.3, 0.4) is 0 Å². The normalized spacial score (nSPS) is 9.75. The number of anilines is 2. The summed E-state index contributed by atoms with van der Waals surface area (Å²) in [5.41, 5.74) is 1.88. The lowest BCUT2D eigenvalue weighted by Gasteiger charge is -2.06. The molecule has 0 radical (unpaired) electrons. The summed E-state index contributed by atoms with van der Waals surface area (Å²) in [5.74, 6) is -0.932. The third-order valence-electron chi connectivity index (χ3n) is 2.08. The molecule has 2 rings (SSSR count). The molecule has 0 aliphatic carbocycles. The number of hydrogen-bond acceptors (Lipinski definition) is 3. The fourth-order valence-corrected chi connectivity index (χ4v) is 1.33. The van der Waals surface area contributed by atoms with Gasteiger partial charge in [0.05, 0.1) is 5.56 Å². The summed E-state index contributed by atoms with van der Waals surface area (Å²) in [6.45, 7) is 0. The van der Waals surface area contributed by atoms with Crippen molar-refractivity contribution in [2.75, 3.05) is 5.32 Å². The maximum Gasteiger partial charge on any atom is 0.335 e. The molecule has 2 aromatic rings. The Hall–Kier alpha value is -2.36. The molecule has 0 bridgehead atoms. The minimum atomic E-state index is -0.932. The smallest absolute Gasteiger partial charge is 0.335 e. The molecule has 0 saturated carbocycles. The van der Waals surface area contributed by atoms with Gasteiger partial charge in [0.2, 0.25) is 0 Å². The van der Waals surface area contributed by atoms with Gasteiger partial charge >= 0.3 is 5.97 Å². The molecule has 80 valence electrons. The van der Waals surface area contributed by atoms with E-state index in [-0.39, 0.29) is 5.56 Å². The first-order valence-electron chi connectivity index (χ1n) is 4.76. The molecular weight excluding hydrogens is 204 g/mol. The first-order chi connectivity index (χ1) is 7.75. The van der Waals surface area contributed by atoms with Crippen molar-refractivity contribution in [1.82, 2.24) is 4.98 Å². The number of carboxylic acid groups (broad SMARTS) is 1. The number of nitrogens with zero attached hydrogens (tertiary/aromatic N) is 1. The molecule has 0 atom stereocenters. The van der Waals surface area contributed by atoms with Crippen molar-refractivity contribution in [3.05, 3.63) is 54.4 Å². The van der Waals surface area contributed by atoms with Gasteiger partial charge in [-0.05, 0) is 30.3 Å². The summed E-state index contributed by atoms with van der Waals surface area (Å²) < 4.78 is 0. The number of aromatic nitrogens is 1. The van der Waals surface area contributed by atoms with Crippen molar-refractivity contribution >= 4 is 17.3 Å². The van der Waals surface area contributed by atoms with Gasteiger partial charge in [-0.3, -0.25) is 4.98 Å². The fraction of sp³-hybridized carbons (Fsp3) is 0. The SMILES string of the molecule is O=C(O)c1cccc(Nc2ccncc2)c1. The topological polar surface area (TPSA) is 62.2 Å². The van der Waals surface area contributed by atoms with E-state index in [1.54, 1.807) is 30.6 Å². The largest absolute Gasteiger partial charge is 0.478 e. The first kappa shape index (κ1) is 10.2. The van der Waals surface area contributed by atoms with Gasteiger partial charge in [-0.25, -0.2) is 4.79 Å². The number of rotatable bonds is 3. The van der Waals surface area contributed by atoms with Crippen molar-refractivity contribution in [2.45, 2.75) is 0 Å². The maximum atomic E-state index is 10.8. The van der Waals surface area contributed by atoms with Crippen molar-refractivity contribution in [1.29, 1.82) is 0 Å². The van der Waals surface area contributed by atoms with Crippen LogP contribution in [0.2, 0.25) is 0 Å². The van der Waals surface area contributed by atoms with Gasteiger partial charge in [0, 0.05) is 23.8 Å². The van der Waals surface area contributed by atoms with E-state index < -0.39 is 5.97 Å². The average molecular weight is 214 g/mol. The molecule has 2 N–H and O–H groups in total. The van der Waals surface area contributed by atoms with E-state index in [0.717, 1.165) is 11.4 Å². The molecule has 0 saturated heterocycles. The molecule has 0 amide bonds. The number of pyridine rings is 1. The van der Waals surface area contributed by atoms with Gasteiger partial charge in [0.1, 0.15) is 0 Å². The molecular formula is C12H10N2O2. The second-order valence-corrected chi connectivity index (χ2v) is 3.25. The van der Waals surface area contributed by atoms with Gasteiger partial charge in [-0.1, -0.05) is 6.07 Å². The van der Waals surface area contributed by atoms with E-state index in [1.165, 1.54) is 0 Å². The highest BCUT2D eigenvalue weighted by Crippen LogP contribution is 2.16. The van der Waals surface area contributed by atoms with Crippen LogP contribution >= 0.6 is 0 Å². The Kier molecular flexibility index (Phi) is 2.82. The van der Waals surface area contributed by atoms with Crippen LogP contribution in [0.25, 0.3) is 0 Å². The van der Waals surface area contributed by atoms with Crippen molar-refractivity contribution in [2.24, 2.45) is 0 Å². The minimum absolute atomic E-state index is 0.263. The highest BCUT2D eigenvalue weighted by molar-refractivity contribution is 5.89. The Morgan fingerprint density at radius 1 is 1.12 bits per heavy atom. The Balaban J connectivity index is 2.22. The standard InChI is InChI=1S/C12H10N2O2/c15-12(16)9-2-1-3-11(8-9)14-10-4-6-13-7-5-10/h1-8H,(H,13,14)(H,15,16). The zero-order chi connectivity index (χ0) is 11.4. The zero-order valence-electron chi connectivity index (χ0n) is 8.42. The van der Waals surface area contributed by atoms with E-state index in [2.05, 4.69) is 10.3 Å². The van der Waals surface area contributed by atoms with Crippen molar-refractivity contribution < 1.29 is 9.90 Å². The second kappa shape index (κ2) is 4.44. The number of carboxylic acids is 1. The van der Waals surface area contributed by atoms with E-state index >= 15 is 0 Å². The minimum Gasteiger partial charge on any atom is -0.478 e. The molecule has 1 aromatic carbocycles. The molecule has 4 heteroatoms. The molecule has 0 fully saturated rings. The third kappa shape index (κ3) is 2.36. The number of hydrogen-bond donors (Lipinski definition) is 2. The summed E-state index contributed by atoms with van der Waals surface area (Å²) in [4.78, 5) is 14.7. The van der Waals surface area contributed by atoms with Gasteiger partial charge < -0.3 is 10.4 Å². The van der Waals surface area contributed by atoms with Crippen LogP contribution in [0.15, 0.2) is 48.8 Å². The van der Waals surface area contributed by atoms with Crippen LogP contribution in [-0.2, 0) is 0 Å². The Morgan fingerprint density at radius 2 is 1.88 bits per heavy atom. The Bertz CT molecular complexity index is 497. The molecule has 0 unspecified atom stereocenters. The van der Waals surface area contributed by atoms with Gasteiger partial charge in [-0.2, -0.15) is 0 Å². The summed E-state index contributed by atoms with van der Waals surface area (Å²) in [5, 5.41) is 11.9. The van der Waals surface area contributed by atoms with Gasteiger partial charge in [0.15, 0.2) is 0 Å². The van der Waals surface area contributed by atoms with E-state index in [0.29, 0.717) is 0 Å². The molecule has 16 heavy (non-hydrogen) atoms. The van der Waals surface area contributed by atoms with Crippen LogP contribution in [0.4, 0.5) is 11.4 Å². The summed E-state index contributed by atoms with van der Waals surface area (Å²) in [6, 6.07) is 10.3. The molecule has 1 heterocycles. The lowest BCUT2D eigenvalue weighted by atomic mass is 10.2. The molecule has 1 aromatic heterocycles. The van der Waals surface area contributed by atoms with E-state index in [9.17, 15) is 4.79 Å². The molecule has 4 nitrogen and oxygen atoms in total. The summed E-state index contributed by atoms with van der Waals surface area (Å²) in [6.07, 6.45) is 3.34. The Labute approximate surface area is 92.6 Å². The highest BCUT2D eigenvalue weighted by atomic mass is 16.4. The number of aromatic carboxylic acids is 1. The van der Waals surface area contributed by atoms with E-state index in [4.69, 9.17) is 5.11 Å². The summed E-state index contributed by atoms with van der Waals surface area (Å²) in [7, 11) is 0. The summed E-state index contributed by atoms with van der Waals surface area (Å²) >= 11 is 0. The van der Waals surface area contributed by atoms with Crippen molar-refractivity contribution in [3.8, 4) is 0 Å². The third-order valence-corrected chi connectivity index (χ3v) is 2.08. The van der Waals surface area contributed by atoms with E-state index in [1.807, 2.05) is 18.2 Å². The van der Waals surface area contributed by atoms with Crippen LogP contribution < -0.4 is 5.32 Å². The number of carbonyl (C=O) groups is 1. The zero-order valence-corrected chi connectivity index (χ0v) is 8.42. The fourth-order valence-electron chi connectivity index (χ4n) is 1.33. The van der Waals surface area contributed by atoms with Crippen LogP contribution in [0.1, 0.15) is 10.4 Å². The first-order valence-corrected chi connectivity index (χ1v) is 4.76. The Morgan fingerprint density at radius 3 is 2.56 bits per heavy atom. The van der Waals surface area contributed by atoms with Crippen LogP contribution in [0.5, 0.6) is 0 Å². The predicted octanol–water partition coefficient (Wildman–Crippen LogP) is 2.52.